The standard InChI is InChI=1S/C17H22N4O4S/c1-10(2)14(18-13(22)9-24-3)15(23)19-17-21-20-16(26-17)11-5-7-12(25-4)8-6-11/h5-8,10,14H,9H2,1-4H3,(H,18,22)(H,19,21,23). The molecule has 0 saturated heterocycles. The minimum atomic E-state index is -0.689. The highest BCUT2D eigenvalue weighted by atomic mass is 32.1. The molecule has 1 atom stereocenters. The van der Waals surface area contributed by atoms with Gasteiger partial charge in [0, 0.05) is 12.7 Å². The number of nitrogens with zero attached hydrogens (tertiary/aromatic N) is 2. The highest BCUT2D eigenvalue weighted by molar-refractivity contribution is 7.18. The second-order valence-corrected chi connectivity index (χ2v) is 6.83. The summed E-state index contributed by atoms with van der Waals surface area (Å²) < 4.78 is 9.91. The van der Waals surface area contributed by atoms with E-state index in [4.69, 9.17) is 9.47 Å². The second-order valence-electron chi connectivity index (χ2n) is 5.85. The van der Waals surface area contributed by atoms with Crippen molar-refractivity contribution in [1.29, 1.82) is 0 Å². The van der Waals surface area contributed by atoms with E-state index in [-0.39, 0.29) is 24.3 Å². The maximum atomic E-state index is 12.5. The van der Waals surface area contributed by atoms with Crippen molar-refractivity contribution in [2.24, 2.45) is 5.92 Å². The summed E-state index contributed by atoms with van der Waals surface area (Å²) in [5, 5.41) is 14.5. The summed E-state index contributed by atoms with van der Waals surface area (Å²) in [6, 6.07) is 6.70. The molecule has 2 N–H and O–H groups in total. The topological polar surface area (TPSA) is 102 Å². The number of anilines is 1. The number of aromatic nitrogens is 2. The molecule has 140 valence electrons. The third-order valence-corrected chi connectivity index (χ3v) is 4.42. The van der Waals surface area contributed by atoms with Crippen molar-refractivity contribution in [3.8, 4) is 16.3 Å². The van der Waals surface area contributed by atoms with E-state index < -0.39 is 6.04 Å². The van der Waals surface area contributed by atoms with Crippen LogP contribution >= 0.6 is 11.3 Å². The highest BCUT2D eigenvalue weighted by Crippen LogP contribution is 2.27. The van der Waals surface area contributed by atoms with Gasteiger partial charge in [0.2, 0.25) is 16.9 Å². The number of methoxy groups -OCH3 is 2. The Morgan fingerprint density at radius 3 is 2.42 bits per heavy atom. The van der Waals surface area contributed by atoms with E-state index in [2.05, 4.69) is 20.8 Å². The minimum Gasteiger partial charge on any atom is -0.497 e. The Labute approximate surface area is 155 Å². The Hall–Kier alpha value is -2.52. The summed E-state index contributed by atoms with van der Waals surface area (Å²) in [6.45, 7) is 3.59. The zero-order valence-electron chi connectivity index (χ0n) is 15.1. The molecule has 2 amide bonds. The lowest BCUT2D eigenvalue weighted by Gasteiger charge is -2.20. The molecule has 0 saturated carbocycles. The average molecular weight is 378 g/mol. The molecular weight excluding hydrogens is 356 g/mol. The smallest absolute Gasteiger partial charge is 0.249 e. The molecule has 1 aromatic carbocycles. The number of ether oxygens (including phenoxy) is 2. The van der Waals surface area contributed by atoms with Crippen molar-refractivity contribution in [1.82, 2.24) is 15.5 Å². The lowest BCUT2D eigenvalue weighted by Crippen LogP contribution is -2.48. The average Bonchev–Trinajstić information content (AvgIpc) is 3.08. The van der Waals surface area contributed by atoms with E-state index in [1.54, 1.807) is 7.11 Å². The van der Waals surface area contributed by atoms with Gasteiger partial charge in [-0.1, -0.05) is 25.2 Å². The molecular formula is C17H22N4O4S. The molecule has 0 spiro atoms. The normalized spacial score (nSPS) is 11.9. The predicted molar refractivity (Wildman–Crippen MR) is 99.2 cm³/mol. The Balaban J connectivity index is 2.05. The van der Waals surface area contributed by atoms with Gasteiger partial charge in [-0.3, -0.25) is 14.9 Å². The van der Waals surface area contributed by atoms with Crippen LogP contribution < -0.4 is 15.4 Å². The van der Waals surface area contributed by atoms with E-state index in [0.717, 1.165) is 11.3 Å². The fraction of sp³-hybridized carbons (Fsp3) is 0.412. The summed E-state index contributed by atoms with van der Waals surface area (Å²) in [7, 11) is 3.02. The molecule has 0 radical (unpaired) electrons. The molecule has 8 nitrogen and oxygen atoms in total. The van der Waals surface area contributed by atoms with E-state index in [9.17, 15) is 9.59 Å². The maximum absolute atomic E-state index is 12.5. The molecule has 0 fully saturated rings. The first-order valence-corrected chi connectivity index (χ1v) is 8.83. The zero-order valence-corrected chi connectivity index (χ0v) is 15.9. The van der Waals surface area contributed by atoms with Crippen LogP contribution in [0.5, 0.6) is 5.75 Å². The van der Waals surface area contributed by atoms with Gasteiger partial charge in [-0.2, -0.15) is 0 Å². The van der Waals surface area contributed by atoms with Crippen LogP contribution in [0.15, 0.2) is 24.3 Å². The number of carbonyl (C=O) groups is 2. The van der Waals surface area contributed by atoms with Gasteiger partial charge in [0.05, 0.1) is 7.11 Å². The molecule has 26 heavy (non-hydrogen) atoms. The lowest BCUT2D eigenvalue weighted by molar-refractivity contribution is -0.129. The van der Waals surface area contributed by atoms with Gasteiger partial charge < -0.3 is 14.8 Å². The van der Waals surface area contributed by atoms with Crippen LogP contribution in [0, 0.1) is 5.92 Å². The quantitative estimate of drug-likeness (QED) is 0.728. The van der Waals surface area contributed by atoms with Gasteiger partial charge in [0.1, 0.15) is 23.4 Å². The predicted octanol–water partition coefficient (Wildman–Crippen LogP) is 1.94. The Morgan fingerprint density at radius 2 is 1.85 bits per heavy atom. The van der Waals surface area contributed by atoms with Gasteiger partial charge in [0.15, 0.2) is 0 Å². The molecule has 1 heterocycles. The van der Waals surface area contributed by atoms with Crippen molar-refractivity contribution >= 4 is 28.3 Å². The van der Waals surface area contributed by atoms with Crippen LogP contribution in [0.4, 0.5) is 5.13 Å². The molecule has 0 aliphatic carbocycles. The first-order chi connectivity index (χ1) is 12.4. The van der Waals surface area contributed by atoms with Crippen molar-refractivity contribution < 1.29 is 19.1 Å². The van der Waals surface area contributed by atoms with Gasteiger partial charge >= 0.3 is 0 Å². The largest absolute Gasteiger partial charge is 0.497 e. The molecule has 1 aromatic heterocycles. The summed E-state index contributed by atoms with van der Waals surface area (Å²) in [5.41, 5.74) is 0.873. The van der Waals surface area contributed by atoms with Crippen LogP contribution in [-0.4, -0.2) is 48.9 Å². The third-order valence-electron chi connectivity index (χ3n) is 3.53. The number of rotatable bonds is 8. The number of nitrogens with one attached hydrogen (secondary N) is 2. The van der Waals surface area contributed by atoms with Crippen molar-refractivity contribution in [3.05, 3.63) is 24.3 Å². The summed E-state index contributed by atoms with van der Waals surface area (Å²) in [4.78, 5) is 24.2. The van der Waals surface area contributed by atoms with Crippen molar-refractivity contribution in [2.45, 2.75) is 19.9 Å². The second kappa shape index (κ2) is 9.25. The van der Waals surface area contributed by atoms with Crippen LogP contribution in [-0.2, 0) is 14.3 Å². The van der Waals surface area contributed by atoms with E-state index in [1.807, 2.05) is 38.1 Å². The number of hydrogen-bond donors (Lipinski definition) is 2. The van der Waals surface area contributed by atoms with E-state index >= 15 is 0 Å². The molecule has 0 bridgehead atoms. The fourth-order valence-corrected chi connectivity index (χ4v) is 2.94. The molecule has 1 unspecified atom stereocenters. The summed E-state index contributed by atoms with van der Waals surface area (Å²) in [6.07, 6.45) is 0. The van der Waals surface area contributed by atoms with E-state index in [0.29, 0.717) is 10.1 Å². The Morgan fingerprint density at radius 1 is 1.15 bits per heavy atom. The van der Waals surface area contributed by atoms with Crippen LogP contribution in [0.1, 0.15) is 13.8 Å². The Bertz CT molecular complexity index is 745. The minimum absolute atomic E-state index is 0.0928. The van der Waals surface area contributed by atoms with Gasteiger partial charge in [0.25, 0.3) is 0 Å². The van der Waals surface area contributed by atoms with Gasteiger partial charge in [-0.05, 0) is 30.2 Å². The molecule has 2 rings (SSSR count). The van der Waals surface area contributed by atoms with Crippen molar-refractivity contribution in [2.75, 3.05) is 26.1 Å². The first-order valence-electron chi connectivity index (χ1n) is 8.01. The SMILES string of the molecule is COCC(=O)NC(C(=O)Nc1nnc(-c2ccc(OC)cc2)s1)C(C)C. The molecule has 2 aromatic rings. The van der Waals surface area contributed by atoms with Crippen LogP contribution in [0.3, 0.4) is 0 Å². The zero-order chi connectivity index (χ0) is 19.1. The first kappa shape index (κ1) is 19.8. The van der Waals surface area contributed by atoms with Crippen molar-refractivity contribution in [3.63, 3.8) is 0 Å². The van der Waals surface area contributed by atoms with E-state index in [1.165, 1.54) is 18.4 Å². The lowest BCUT2D eigenvalue weighted by atomic mass is 10.0. The monoisotopic (exact) mass is 378 g/mol. The highest BCUT2D eigenvalue weighted by Gasteiger charge is 2.25. The van der Waals surface area contributed by atoms with Crippen LogP contribution in [0.25, 0.3) is 10.6 Å². The summed E-state index contributed by atoms with van der Waals surface area (Å²) >= 11 is 1.25. The van der Waals surface area contributed by atoms with Gasteiger partial charge in [-0.25, -0.2) is 0 Å². The number of hydrogen-bond acceptors (Lipinski definition) is 7. The van der Waals surface area contributed by atoms with Crippen LogP contribution in [0.2, 0.25) is 0 Å². The molecule has 0 aliphatic heterocycles. The number of carbonyl (C=O) groups excluding carboxylic acids is 2. The Kier molecular flexibility index (Phi) is 7.05. The van der Waals surface area contributed by atoms with Gasteiger partial charge in [-0.15, -0.1) is 10.2 Å². The summed E-state index contributed by atoms with van der Waals surface area (Å²) in [5.74, 6) is -0.0393. The number of benzene rings is 1. The molecule has 9 heteroatoms. The fourth-order valence-electron chi connectivity index (χ4n) is 2.19. The third kappa shape index (κ3) is 5.24. The number of amides is 2. The maximum Gasteiger partial charge on any atom is 0.249 e. The molecule has 0 aliphatic rings.